The zero-order valence-electron chi connectivity index (χ0n) is 36.1. The molecule has 0 saturated carbocycles. The highest BCUT2D eigenvalue weighted by Crippen LogP contribution is 2.45. The predicted octanol–water partition coefficient (Wildman–Crippen LogP) is 17.0. The molecule has 0 bridgehead atoms. The molecule has 2 heterocycles. The molecule has 2 aromatic heterocycles. The minimum atomic E-state index is 0.594. The lowest BCUT2D eigenvalue weighted by molar-refractivity contribution is 0.631. The van der Waals surface area contributed by atoms with Gasteiger partial charge < -0.3 is 4.42 Å². The maximum absolute atomic E-state index is 6.26. The molecule has 0 spiro atoms. The largest absolute Gasteiger partial charge is 0.456 e. The molecule has 4 nitrogen and oxygen atoms in total. The maximum Gasteiger partial charge on any atom is 0.164 e. The van der Waals surface area contributed by atoms with Crippen molar-refractivity contribution in [3.63, 3.8) is 0 Å². The van der Waals surface area contributed by atoms with E-state index < -0.39 is 0 Å². The first-order valence-corrected chi connectivity index (χ1v) is 22.7. The molecule has 0 aliphatic heterocycles. The number of rotatable bonds is 6. The molecular formula is C63H37N3O. The van der Waals surface area contributed by atoms with E-state index in [1.807, 2.05) is 60.7 Å². The standard InChI is InChI=1S/C63H37N3O/c1-2-12-41(13-3-1)61-64-62(66-63(65-61)49-23-8-21-45(34-49)56-37-46-14-4-5-27-55(46)67-56)48-22-7-19-43(33-48)42-18-6-20-44(32-42)50-35-47-31-30-40-16-10-25-52-51-24-9-15-38-28-29-39-17-11-26-53(59(39)57(38)51)54(36-50)60(47)58(40)52/h1-37H. The van der Waals surface area contributed by atoms with Crippen LogP contribution in [-0.4, -0.2) is 15.0 Å². The monoisotopic (exact) mass is 851 g/mol. The van der Waals surface area contributed by atoms with Gasteiger partial charge in [-0.25, -0.2) is 15.0 Å². The van der Waals surface area contributed by atoms with Gasteiger partial charge in [0.2, 0.25) is 0 Å². The Morgan fingerprint density at radius 3 is 1.27 bits per heavy atom. The van der Waals surface area contributed by atoms with Crippen LogP contribution in [0.3, 0.4) is 0 Å². The summed E-state index contributed by atoms with van der Waals surface area (Å²) in [5.41, 5.74) is 9.04. The van der Waals surface area contributed by atoms with Gasteiger partial charge in [0.15, 0.2) is 17.5 Å². The Morgan fingerprint density at radius 1 is 0.239 bits per heavy atom. The molecule has 0 amide bonds. The Morgan fingerprint density at radius 2 is 0.657 bits per heavy atom. The van der Waals surface area contributed by atoms with Crippen molar-refractivity contribution in [1.82, 2.24) is 15.0 Å². The second kappa shape index (κ2) is 14.8. The van der Waals surface area contributed by atoms with E-state index in [1.54, 1.807) is 0 Å². The van der Waals surface area contributed by atoms with Gasteiger partial charge in [0.05, 0.1) is 0 Å². The summed E-state index contributed by atoms with van der Waals surface area (Å²) in [5.74, 6) is 2.61. The van der Waals surface area contributed by atoms with E-state index in [-0.39, 0.29) is 0 Å². The first-order valence-electron chi connectivity index (χ1n) is 22.7. The van der Waals surface area contributed by atoms with Crippen LogP contribution in [-0.2, 0) is 0 Å². The Bertz CT molecular complexity index is 4240. The normalized spacial score (nSPS) is 11.9. The van der Waals surface area contributed by atoms with Gasteiger partial charge in [-0.3, -0.25) is 0 Å². The number of benzene rings is 11. The third kappa shape index (κ3) is 6.11. The van der Waals surface area contributed by atoms with Crippen molar-refractivity contribution in [2.75, 3.05) is 0 Å². The summed E-state index contributed by atoms with van der Waals surface area (Å²) in [7, 11) is 0. The number of para-hydroxylation sites is 1. The van der Waals surface area contributed by atoms with Crippen LogP contribution in [0, 0.1) is 0 Å². The first kappa shape index (κ1) is 37.4. The molecular weight excluding hydrogens is 815 g/mol. The molecule has 14 aromatic rings. The van der Waals surface area contributed by atoms with E-state index in [4.69, 9.17) is 19.4 Å². The van der Waals surface area contributed by atoms with Crippen molar-refractivity contribution >= 4 is 75.6 Å². The SMILES string of the molecule is c1ccc(-c2nc(-c3cccc(-c4cccc(-c5cc6ccc7cccc8c9cccc%10ccc%11cccc(c(c5)c6c78)c%11c%109)c4)c3)nc(-c3cccc(-c4cc5ccccc5o4)c3)n2)cc1. The molecule has 14 rings (SSSR count). The molecule has 0 fully saturated rings. The van der Waals surface area contributed by atoms with Crippen LogP contribution in [0.25, 0.3) is 143 Å². The van der Waals surface area contributed by atoms with Crippen molar-refractivity contribution in [2.45, 2.75) is 0 Å². The minimum absolute atomic E-state index is 0.594. The molecule has 310 valence electrons. The van der Waals surface area contributed by atoms with Crippen molar-refractivity contribution in [3.05, 3.63) is 224 Å². The highest BCUT2D eigenvalue weighted by atomic mass is 16.3. The second-order valence-corrected chi connectivity index (χ2v) is 17.5. The highest BCUT2D eigenvalue weighted by Gasteiger charge is 2.18. The third-order valence-electron chi connectivity index (χ3n) is 13.6. The number of hydrogen-bond acceptors (Lipinski definition) is 4. The van der Waals surface area contributed by atoms with Crippen LogP contribution in [0.15, 0.2) is 229 Å². The molecule has 12 aromatic carbocycles. The summed E-state index contributed by atoms with van der Waals surface area (Å²) in [6, 6.07) is 80.2. The smallest absolute Gasteiger partial charge is 0.164 e. The number of hydrogen-bond donors (Lipinski definition) is 0. The predicted molar refractivity (Wildman–Crippen MR) is 278 cm³/mol. The van der Waals surface area contributed by atoms with Crippen molar-refractivity contribution in [2.24, 2.45) is 0 Å². The van der Waals surface area contributed by atoms with Crippen LogP contribution in [0.4, 0.5) is 0 Å². The van der Waals surface area contributed by atoms with Gasteiger partial charge in [0, 0.05) is 27.6 Å². The lowest BCUT2D eigenvalue weighted by Gasteiger charge is -2.17. The third-order valence-corrected chi connectivity index (χ3v) is 13.6. The fourth-order valence-electron chi connectivity index (χ4n) is 10.5. The molecule has 0 aliphatic carbocycles. The number of furan rings is 1. The lowest BCUT2D eigenvalue weighted by Crippen LogP contribution is -2.00. The zero-order valence-corrected chi connectivity index (χ0v) is 36.1. The molecule has 0 radical (unpaired) electrons. The first-order chi connectivity index (χ1) is 33.2. The quantitative estimate of drug-likeness (QED) is 0.156. The van der Waals surface area contributed by atoms with Crippen molar-refractivity contribution in [1.29, 1.82) is 0 Å². The Hall–Kier alpha value is -8.99. The Kier molecular flexibility index (Phi) is 8.25. The lowest BCUT2D eigenvalue weighted by atomic mass is 9.86. The summed E-state index contributed by atoms with van der Waals surface area (Å²) < 4.78 is 6.26. The van der Waals surface area contributed by atoms with Crippen LogP contribution >= 0.6 is 0 Å². The summed E-state index contributed by atoms with van der Waals surface area (Å²) in [4.78, 5) is 15.3. The molecule has 0 atom stereocenters. The van der Waals surface area contributed by atoms with Gasteiger partial charge in [-0.15, -0.1) is 0 Å². The topological polar surface area (TPSA) is 51.8 Å². The Labute approximate surface area is 385 Å². The molecule has 0 aliphatic rings. The number of aromatic nitrogens is 3. The van der Waals surface area contributed by atoms with Crippen molar-refractivity contribution < 1.29 is 4.42 Å². The molecule has 0 unspecified atom stereocenters. The second-order valence-electron chi connectivity index (χ2n) is 17.5. The highest BCUT2D eigenvalue weighted by molar-refractivity contribution is 6.37. The maximum atomic E-state index is 6.26. The van der Waals surface area contributed by atoms with E-state index in [9.17, 15) is 0 Å². The summed E-state index contributed by atoms with van der Waals surface area (Å²) in [6.07, 6.45) is 0. The summed E-state index contributed by atoms with van der Waals surface area (Å²) in [5, 5.41) is 16.4. The van der Waals surface area contributed by atoms with Crippen LogP contribution in [0.1, 0.15) is 0 Å². The molecule has 67 heavy (non-hydrogen) atoms. The van der Waals surface area contributed by atoms with E-state index in [2.05, 4.69) is 164 Å². The van der Waals surface area contributed by atoms with E-state index in [0.29, 0.717) is 17.5 Å². The fourth-order valence-corrected chi connectivity index (χ4v) is 10.5. The number of fused-ring (bicyclic) bond motifs is 3. The van der Waals surface area contributed by atoms with Gasteiger partial charge >= 0.3 is 0 Å². The van der Waals surface area contributed by atoms with Crippen molar-refractivity contribution in [3.8, 4) is 67.7 Å². The van der Waals surface area contributed by atoms with E-state index in [0.717, 1.165) is 55.7 Å². The van der Waals surface area contributed by atoms with Gasteiger partial charge in [0.1, 0.15) is 11.3 Å². The average Bonchev–Trinajstić information content (AvgIpc) is 3.85. The number of nitrogens with zero attached hydrogens (tertiary/aromatic N) is 3. The Balaban J connectivity index is 0.909. The van der Waals surface area contributed by atoms with Gasteiger partial charge in [-0.05, 0) is 129 Å². The van der Waals surface area contributed by atoms with Gasteiger partial charge in [0.25, 0.3) is 0 Å². The molecule has 4 heteroatoms. The molecule has 0 N–H and O–H groups in total. The van der Waals surface area contributed by atoms with E-state index in [1.165, 1.54) is 70.2 Å². The average molecular weight is 852 g/mol. The minimum Gasteiger partial charge on any atom is -0.456 e. The van der Waals surface area contributed by atoms with Crippen LogP contribution < -0.4 is 0 Å². The van der Waals surface area contributed by atoms with Crippen LogP contribution in [0.5, 0.6) is 0 Å². The van der Waals surface area contributed by atoms with E-state index >= 15 is 0 Å². The van der Waals surface area contributed by atoms with Gasteiger partial charge in [-0.2, -0.15) is 0 Å². The van der Waals surface area contributed by atoms with Gasteiger partial charge in [-0.1, -0.05) is 182 Å². The van der Waals surface area contributed by atoms with Crippen LogP contribution in [0.2, 0.25) is 0 Å². The molecule has 0 saturated heterocycles. The summed E-state index contributed by atoms with van der Waals surface area (Å²) >= 11 is 0. The fraction of sp³-hybridized carbons (Fsp3) is 0. The summed E-state index contributed by atoms with van der Waals surface area (Å²) in [6.45, 7) is 0. The zero-order chi connectivity index (χ0) is 44.0.